The fraction of sp³-hybridized carbons (Fsp3) is 0.214. The summed E-state index contributed by atoms with van der Waals surface area (Å²) in [6, 6.07) is 5.51. The molecule has 1 aromatic heterocycles. The number of benzene rings is 1. The molecule has 1 unspecified atom stereocenters. The average Bonchev–Trinajstić information content (AvgIpc) is 2.78. The third-order valence-corrected chi connectivity index (χ3v) is 3.06. The number of aromatic nitrogens is 2. The van der Waals surface area contributed by atoms with Crippen LogP contribution in [0.1, 0.15) is 23.0 Å². The second-order valence-corrected chi connectivity index (χ2v) is 4.71. The number of nitrogens with one attached hydrogen (secondary N) is 2. The summed E-state index contributed by atoms with van der Waals surface area (Å²) in [4.78, 5) is 29.1. The number of hydrogen-bond acceptors (Lipinski definition) is 4. The maximum atomic E-state index is 12.0. The van der Waals surface area contributed by atoms with Crippen molar-refractivity contribution in [3.8, 4) is 5.75 Å². The van der Waals surface area contributed by atoms with E-state index in [0.717, 1.165) is 23.9 Å². The molecule has 1 amide bonds. The van der Waals surface area contributed by atoms with E-state index in [9.17, 15) is 9.59 Å². The summed E-state index contributed by atoms with van der Waals surface area (Å²) in [6.07, 6.45) is 3.36. The van der Waals surface area contributed by atoms with Crippen molar-refractivity contribution in [3.63, 3.8) is 0 Å². The lowest BCUT2D eigenvalue weighted by atomic mass is 10.1. The highest BCUT2D eigenvalue weighted by Crippen LogP contribution is 2.30. The van der Waals surface area contributed by atoms with Gasteiger partial charge in [-0.25, -0.2) is 4.98 Å². The Kier molecular flexibility index (Phi) is 2.98. The van der Waals surface area contributed by atoms with Gasteiger partial charge in [-0.15, -0.1) is 0 Å². The van der Waals surface area contributed by atoms with Crippen LogP contribution in [-0.4, -0.2) is 22.0 Å². The van der Waals surface area contributed by atoms with Crippen molar-refractivity contribution in [2.75, 3.05) is 5.32 Å². The number of anilines is 1. The molecular formula is C14H13N3O3. The van der Waals surface area contributed by atoms with Crippen LogP contribution in [0.25, 0.3) is 0 Å². The molecule has 0 aliphatic carbocycles. The van der Waals surface area contributed by atoms with Crippen molar-refractivity contribution in [3.05, 3.63) is 52.2 Å². The number of carbonyl (C=O) groups is 1. The van der Waals surface area contributed by atoms with Crippen molar-refractivity contribution in [2.24, 2.45) is 0 Å². The highest BCUT2D eigenvalue weighted by Gasteiger charge is 2.19. The summed E-state index contributed by atoms with van der Waals surface area (Å²) in [5, 5.41) is 2.74. The van der Waals surface area contributed by atoms with E-state index in [1.807, 2.05) is 19.1 Å². The predicted molar refractivity (Wildman–Crippen MR) is 73.0 cm³/mol. The molecule has 0 saturated heterocycles. The van der Waals surface area contributed by atoms with Crippen LogP contribution in [0.5, 0.6) is 5.75 Å². The number of H-pyrrole nitrogens is 1. The van der Waals surface area contributed by atoms with Crippen LogP contribution in [0.3, 0.4) is 0 Å². The molecule has 1 atom stereocenters. The predicted octanol–water partition coefficient (Wildman–Crippen LogP) is 1.35. The van der Waals surface area contributed by atoms with Crippen molar-refractivity contribution in [1.29, 1.82) is 0 Å². The van der Waals surface area contributed by atoms with Crippen LogP contribution in [0.2, 0.25) is 0 Å². The molecular weight excluding hydrogens is 258 g/mol. The molecule has 1 aliphatic heterocycles. The molecule has 6 heteroatoms. The SMILES string of the molecule is CC1Cc2cc(NC(=O)c3c[nH]c(=O)cn3)ccc2O1. The monoisotopic (exact) mass is 271 g/mol. The van der Waals surface area contributed by atoms with Crippen molar-refractivity contribution >= 4 is 11.6 Å². The number of carbonyl (C=O) groups excluding carboxylic acids is 1. The number of aromatic amines is 1. The maximum absolute atomic E-state index is 12.0. The highest BCUT2D eigenvalue weighted by atomic mass is 16.5. The van der Waals surface area contributed by atoms with E-state index in [1.54, 1.807) is 6.07 Å². The molecule has 1 aliphatic rings. The number of rotatable bonds is 2. The molecule has 2 N–H and O–H groups in total. The number of fused-ring (bicyclic) bond motifs is 1. The largest absolute Gasteiger partial charge is 0.490 e. The van der Waals surface area contributed by atoms with Gasteiger partial charge in [0.25, 0.3) is 11.5 Å². The Balaban J connectivity index is 1.78. The Morgan fingerprint density at radius 3 is 3.10 bits per heavy atom. The van der Waals surface area contributed by atoms with Gasteiger partial charge in [0.15, 0.2) is 0 Å². The smallest absolute Gasteiger partial charge is 0.275 e. The lowest BCUT2D eigenvalue weighted by molar-refractivity contribution is 0.102. The van der Waals surface area contributed by atoms with Gasteiger partial charge in [0, 0.05) is 18.3 Å². The summed E-state index contributed by atoms with van der Waals surface area (Å²) in [6.45, 7) is 2.00. The molecule has 102 valence electrons. The van der Waals surface area contributed by atoms with E-state index in [-0.39, 0.29) is 23.3 Å². The summed E-state index contributed by atoms with van der Waals surface area (Å²) in [7, 11) is 0. The van der Waals surface area contributed by atoms with E-state index in [2.05, 4.69) is 15.3 Å². The number of ether oxygens (including phenoxy) is 1. The van der Waals surface area contributed by atoms with Gasteiger partial charge < -0.3 is 15.0 Å². The fourth-order valence-electron chi connectivity index (χ4n) is 2.16. The third-order valence-electron chi connectivity index (χ3n) is 3.06. The lowest BCUT2D eigenvalue weighted by Crippen LogP contribution is -2.16. The second-order valence-electron chi connectivity index (χ2n) is 4.71. The van der Waals surface area contributed by atoms with Crippen LogP contribution < -0.4 is 15.6 Å². The zero-order valence-electron chi connectivity index (χ0n) is 10.8. The number of nitrogens with zero attached hydrogens (tertiary/aromatic N) is 1. The quantitative estimate of drug-likeness (QED) is 0.863. The maximum Gasteiger partial charge on any atom is 0.275 e. The van der Waals surface area contributed by atoms with Gasteiger partial charge in [-0.2, -0.15) is 0 Å². The minimum Gasteiger partial charge on any atom is -0.490 e. The molecule has 0 spiro atoms. The molecule has 2 aromatic rings. The van der Waals surface area contributed by atoms with Gasteiger partial charge in [0.1, 0.15) is 17.5 Å². The van der Waals surface area contributed by atoms with Gasteiger partial charge in [-0.3, -0.25) is 9.59 Å². The van der Waals surface area contributed by atoms with Gasteiger partial charge in [0.2, 0.25) is 0 Å². The Morgan fingerprint density at radius 2 is 2.35 bits per heavy atom. The summed E-state index contributed by atoms with van der Waals surface area (Å²) in [5.74, 6) is 0.492. The summed E-state index contributed by atoms with van der Waals surface area (Å²) >= 11 is 0. The fourth-order valence-corrected chi connectivity index (χ4v) is 2.16. The molecule has 0 bridgehead atoms. The normalized spacial score (nSPS) is 16.4. The van der Waals surface area contributed by atoms with Gasteiger partial charge in [-0.1, -0.05) is 0 Å². The number of hydrogen-bond donors (Lipinski definition) is 2. The minimum atomic E-state index is -0.367. The van der Waals surface area contributed by atoms with Gasteiger partial charge >= 0.3 is 0 Å². The first-order chi connectivity index (χ1) is 9.61. The Morgan fingerprint density at radius 1 is 1.50 bits per heavy atom. The Labute approximate surface area is 114 Å². The number of amides is 1. The molecule has 0 saturated carbocycles. The molecule has 0 radical (unpaired) electrons. The van der Waals surface area contributed by atoms with E-state index in [1.165, 1.54) is 6.20 Å². The van der Waals surface area contributed by atoms with E-state index >= 15 is 0 Å². The van der Waals surface area contributed by atoms with Crippen molar-refractivity contribution in [2.45, 2.75) is 19.4 Å². The molecule has 2 heterocycles. The van der Waals surface area contributed by atoms with Gasteiger partial charge in [-0.05, 0) is 30.7 Å². The molecule has 1 aromatic carbocycles. The summed E-state index contributed by atoms with van der Waals surface area (Å²) < 4.78 is 5.60. The van der Waals surface area contributed by atoms with Crippen LogP contribution in [-0.2, 0) is 6.42 Å². The summed E-state index contributed by atoms with van der Waals surface area (Å²) in [5.41, 5.74) is 1.57. The zero-order chi connectivity index (χ0) is 14.1. The topological polar surface area (TPSA) is 84.1 Å². The van der Waals surface area contributed by atoms with Crippen LogP contribution in [0, 0.1) is 0 Å². The van der Waals surface area contributed by atoms with E-state index in [0.29, 0.717) is 5.69 Å². The molecule has 6 nitrogen and oxygen atoms in total. The van der Waals surface area contributed by atoms with Crippen LogP contribution in [0.4, 0.5) is 5.69 Å². The standard InChI is InChI=1S/C14H13N3O3/c1-8-4-9-5-10(2-3-12(9)20-8)17-14(19)11-6-16-13(18)7-15-11/h2-3,5-8H,4H2,1H3,(H,16,18)(H,17,19). The van der Waals surface area contributed by atoms with Crippen molar-refractivity contribution in [1.82, 2.24) is 9.97 Å². The van der Waals surface area contributed by atoms with E-state index < -0.39 is 0 Å². The van der Waals surface area contributed by atoms with Crippen LogP contribution >= 0.6 is 0 Å². The first kappa shape index (κ1) is 12.4. The third kappa shape index (κ3) is 2.40. The highest BCUT2D eigenvalue weighted by molar-refractivity contribution is 6.02. The molecule has 3 rings (SSSR count). The Bertz CT molecular complexity index is 703. The first-order valence-corrected chi connectivity index (χ1v) is 6.27. The Hall–Kier alpha value is -2.63. The lowest BCUT2D eigenvalue weighted by Gasteiger charge is -2.06. The van der Waals surface area contributed by atoms with Crippen molar-refractivity contribution < 1.29 is 9.53 Å². The van der Waals surface area contributed by atoms with Gasteiger partial charge in [0.05, 0.1) is 6.20 Å². The minimum absolute atomic E-state index is 0.162. The molecule has 20 heavy (non-hydrogen) atoms. The molecule has 0 fully saturated rings. The zero-order valence-corrected chi connectivity index (χ0v) is 10.8. The average molecular weight is 271 g/mol. The van der Waals surface area contributed by atoms with Crippen LogP contribution in [0.15, 0.2) is 35.4 Å². The first-order valence-electron chi connectivity index (χ1n) is 6.27. The van der Waals surface area contributed by atoms with E-state index in [4.69, 9.17) is 4.74 Å². The second kappa shape index (κ2) is 4.80.